The van der Waals surface area contributed by atoms with E-state index in [2.05, 4.69) is 20.3 Å². The van der Waals surface area contributed by atoms with Gasteiger partial charge in [0, 0.05) is 54.7 Å². The lowest BCUT2D eigenvalue weighted by Crippen LogP contribution is -2.55. The van der Waals surface area contributed by atoms with E-state index in [0.29, 0.717) is 36.5 Å². The monoisotopic (exact) mass is 433 g/mol. The average molecular weight is 434 g/mol. The van der Waals surface area contributed by atoms with Gasteiger partial charge >= 0.3 is 0 Å². The number of rotatable bonds is 4. The molecule has 166 valence electrons. The predicted octanol–water partition coefficient (Wildman–Crippen LogP) is 2.62. The van der Waals surface area contributed by atoms with Gasteiger partial charge in [0.15, 0.2) is 0 Å². The lowest BCUT2D eigenvalue weighted by Gasteiger charge is -2.53. The van der Waals surface area contributed by atoms with Gasteiger partial charge in [0.2, 0.25) is 5.56 Å². The first-order valence-corrected chi connectivity index (χ1v) is 11.1. The molecule has 3 aromatic heterocycles. The second-order valence-corrected chi connectivity index (χ2v) is 9.17. The van der Waals surface area contributed by atoms with Crippen LogP contribution in [0.2, 0.25) is 0 Å². The fraction of sp³-hybridized carbons (Fsp3) is 0.417. The SMILES string of the molecule is Cc1cc(C(=O)N2CCC3(CCC3)C(CNC(=O)c3cncc4[nH]ccc34)C2)cc(=O)[nH]1. The average Bonchev–Trinajstić information content (AvgIpc) is 3.24. The third-order valence-electron chi connectivity index (χ3n) is 7.28. The zero-order chi connectivity index (χ0) is 22.3. The zero-order valence-electron chi connectivity index (χ0n) is 18.1. The normalized spacial score (nSPS) is 19.7. The Morgan fingerprint density at radius 1 is 1.25 bits per heavy atom. The Morgan fingerprint density at radius 2 is 2.09 bits per heavy atom. The number of piperidine rings is 1. The third kappa shape index (κ3) is 3.59. The molecule has 1 spiro atoms. The lowest BCUT2D eigenvalue weighted by molar-refractivity contribution is -0.0220. The number of nitrogens with one attached hydrogen (secondary N) is 3. The number of carbonyl (C=O) groups is 2. The Labute approximate surface area is 185 Å². The second kappa shape index (κ2) is 7.93. The summed E-state index contributed by atoms with van der Waals surface area (Å²) in [5.41, 5.74) is 2.39. The van der Waals surface area contributed by atoms with Crippen molar-refractivity contribution < 1.29 is 9.59 Å². The van der Waals surface area contributed by atoms with Crippen LogP contribution in [0.5, 0.6) is 0 Å². The molecular weight excluding hydrogens is 406 g/mol. The standard InChI is InChI=1S/C24H27N5O3/c1-15-9-16(10-21(30)28-15)23(32)29-8-6-24(4-2-5-24)17(14-29)11-27-22(31)19-12-25-13-20-18(19)3-7-26-20/h3,7,9-10,12-13,17,26H,2,4-6,8,11,14H2,1H3,(H,27,31)(H,28,30). The molecule has 5 rings (SSSR count). The minimum atomic E-state index is -0.267. The summed E-state index contributed by atoms with van der Waals surface area (Å²) in [6, 6.07) is 4.97. The molecule has 1 aliphatic heterocycles. The van der Waals surface area contributed by atoms with Crippen molar-refractivity contribution in [2.45, 2.75) is 32.6 Å². The van der Waals surface area contributed by atoms with Crippen molar-refractivity contribution in [3.8, 4) is 0 Å². The number of pyridine rings is 2. The molecule has 4 heterocycles. The Balaban J connectivity index is 1.32. The maximum Gasteiger partial charge on any atom is 0.254 e. The molecule has 8 nitrogen and oxygen atoms in total. The van der Waals surface area contributed by atoms with E-state index in [0.717, 1.165) is 30.2 Å². The van der Waals surface area contributed by atoms with Gasteiger partial charge in [-0.05, 0) is 49.7 Å². The van der Waals surface area contributed by atoms with Crippen LogP contribution >= 0.6 is 0 Å². The number of nitrogens with zero attached hydrogens (tertiary/aromatic N) is 2. The van der Waals surface area contributed by atoms with Crippen LogP contribution < -0.4 is 10.9 Å². The number of H-pyrrole nitrogens is 2. The molecule has 32 heavy (non-hydrogen) atoms. The van der Waals surface area contributed by atoms with Crippen LogP contribution in [0, 0.1) is 18.3 Å². The number of aryl methyl sites for hydroxylation is 1. The summed E-state index contributed by atoms with van der Waals surface area (Å²) in [7, 11) is 0. The first kappa shape index (κ1) is 20.5. The molecule has 1 saturated carbocycles. The second-order valence-electron chi connectivity index (χ2n) is 9.17. The van der Waals surface area contributed by atoms with Gasteiger partial charge in [-0.1, -0.05) is 6.42 Å². The number of hydrogen-bond acceptors (Lipinski definition) is 4. The molecule has 3 aromatic rings. The van der Waals surface area contributed by atoms with Gasteiger partial charge in [-0.3, -0.25) is 19.4 Å². The van der Waals surface area contributed by atoms with E-state index >= 15 is 0 Å². The molecular formula is C24H27N5O3. The summed E-state index contributed by atoms with van der Waals surface area (Å²) in [6.07, 6.45) is 9.48. The van der Waals surface area contributed by atoms with E-state index in [1.165, 1.54) is 12.5 Å². The molecule has 1 unspecified atom stereocenters. The van der Waals surface area contributed by atoms with Gasteiger partial charge in [-0.2, -0.15) is 0 Å². The third-order valence-corrected chi connectivity index (χ3v) is 7.28. The van der Waals surface area contributed by atoms with Crippen LogP contribution in [-0.2, 0) is 0 Å². The zero-order valence-corrected chi connectivity index (χ0v) is 18.1. The van der Waals surface area contributed by atoms with Crippen LogP contribution in [0.1, 0.15) is 52.1 Å². The molecule has 2 amide bonds. The quantitative estimate of drug-likeness (QED) is 0.587. The highest BCUT2D eigenvalue weighted by Gasteiger charge is 2.47. The summed E-state index contributed by atoms with van der Waals surface area (Å²) in [6.45, 7) is 3.55. The number of aromatic amines is 2. The van der Waals surface area contributed by atoms with Crippen LogP contribution in [0.25, 0.3) is 10.9 Å². The highest BCUT2D eigenvalue weighted by atomic mass is 16.2. The van der Waals surface area contributed by atoms with Crippen LogP contribution in [-0.4, -0.2) is 51.3 Å². The fourth-order valence-electron chi connectivity index (χ4n) is 5.33. The van der Waals surface area contributed by atoms with Crippen molar-refractivity contribution in [1.29, 1.82) is 0 Å². The molecule has 8 heteroatoms. The predicted molar refractivity (Wildman–Crippen MR) is 121 cm³/mol. The number of aromatic nitrogens is 3. The molecule has 3 N–H and O–H groups in total. The molecule has 2 aliphatic rings. The summed E-state index contributed by atoms with van der Waals surface area (Å²) < 4.78 is 0. The van der Waals surface area contributed by atoms with E-state index < -0.39 is 0 Å². The minimum absolute atomic E-state index is 0.119. The highest BCUT2D eigenvalue weighted by molar-refractivity contribution is 6.05. The van der Waals surface area contributed by atoms with Crippen molar-refractivity contribution >= 4 is 22.7 Å². The van der Waals surface area contributed by atoms with Crippen LogP contribution in [0.15, 0.2) is 41.6 Å². The first-order valence-electron chi connectivity index (χ1n) is 11.1. The minimum Gasteiger partial charge on any atom is -0.360 e. The molecule has 1 saturated heterocycles. The molecule has 1 atom stereocenters. The summed E-state index contributed by atoms with van der Waals surface area (Å²) in [4.78, 5) is 49.7. The number of hydrogen-bond donors (Lipinski definition) is 3. The number of amides is 2. The van der Waals surface area contributed by atoms with Crippen molar-refractivity contribution in [3.05, 3.63) is 64.0 Å². The van der Waals surface area contributed by atoms with E-state index in [9.17, 15) is 14.4 Å². The van der Waals surface area contributed by atoms with Gasteiger partial charge in [0.25, 0.3) is 11.8 Å². The van der Waals surface area contributed by atoms with E-state index in [1.807, 2.05) is 11.0 Å². The Kier molecular flexibility index (Phi) is 5.07. The first-order chi connectivity index (χ1) is 15.4. The molecule has 2 fully saturated rings. The molecule has 1 aliphatic carbocycles. The topological polar surface area (TPSA) is 111 Å². The number of carbonyl (C=O) groups excluding carboxylic acids is 2. The number of fused-ring (bicyclic) bond motifs is 1. The van der Waals surface area contributed by atoms with E-state index in [1.54, 1.807) is 31.6 Å². The lowest BCUT2D eigenvalue weighted by atomic mass is 9.57. The van der Waals surface area contributed by atoms with Gasteiger partial charge < -0.3 is 20.2 Å². The summed E-state index contributed by atoms with van der Waals surface area (Å²) in [5.74, 6) is -0.0868. The van der Waals surface area contributed by atoms with Gasteiger partial charge in [0.05, 0.1) is 17.3 Å². The van der Waals surface area contributed by atoms with Crippen molar-refractivity contribution in [1.82, 2.24) is 25.2 Å². The Hall–Kier alpha value is -3.42. The van der Waals surface area contributed by atoms with Gasteiger partial charge in [0.1, 0.15) is 0 Å². The van der Waals surface area contributed by atoms with Crippen molar-refractivity contribution in [3.63, 3.8) is 0 Å². The molecule has 0 bridgehead atoms. The maximum absolute atomic E-state index is 13.1. The fourth-order valence-corrected chi connectivity index (χ4v) is 5.33. The van der Waals surface area contributed by atoms with Gasteiger partial charge in [-0.15, -0.1) is 0 Å². The number of likely N-dealkylation sites (tertiary alicyclic amines) is 1. The largest absolute Gasteiger partial charge is 0.360 e. The molecule has 0 aromatic carbocycles. The van der Waals surface area contributed by atoms with E-state index in [4.69, 9.17) is 0 Å². The van der Waals surface area contributed by atoms with Crippen LogP contribution in [0.3, 0.4) is 0 Å². The van der Waals surface area contributed by atoms with E-state index in [-0.39, 0.29) is 28.7 Å². The highest BCUT2D eigenvalue weighted by Crippen LogP contribution is 2.52. The Morgan fingerprint density at radius 3 is 2.84 bits per heavy atom. The van der Waals surface area contributed by atoms with Crippen molar-refractivity contribution in [2.75, 3.05) is 19.6 Å². The summed E-state index contributed by atoms with van der Waals surface area (Å²) >= 11 is 0. The van der Waals surface area contributed by atoms with Crippen LogP contribution in [0.4, 0.5) is 0 Å². The molecule has 0 radical (unpaired) electrons. The van der Waals surface area contributed by atoms with Crippen molar-refractivity contribution in [2.24, 2.45) is 11.3 Å². The smallest absolute Gasteiger partial charge is 0.254 e. The Bertz CT molecular complexity index is 1240. The summed E-state index contributed by atoms with van der Waals surface area (Å²) in [5, 5.41) is 3.95. The maximum atomic E-state index is 13.1. The van der Waals surface area contributed by atoms with Gasteiger partial charge in [-0.25, -0.2) is 0 Å².